The van der Waals surface area contributed by atoms with Crippen LogP contribution in [0.2, 0.25) is 5.02 Å². The van der Waals surface area contributed by atoms with E-state index in [0.717, 1.165) is 36.9 Å². The van der Waals surface area contributed by atoms with Crippen LogP contribution in [-0.2, 0) is 4.79 Å². The molecule has 2 aromatic rings. The molecule has 0 aliphatic carbocycles. The topological polar surface area (TPSA) is 35.9 Å². The number of halogens is 1. The predicted molar refractivity (Wildman–Crippen MR) is 114 cm³/mol. The van der Waals surface area contributed by atoms with E-state index in [2.05, 4.69) is 46.0 Å². The van der Waals surface area contributed by atoms with Gasteiger partial charge in [-0.05, 0) is 60.2 Å². The van der Waals surface area contributed by atoms with Crippen molar-refractivity contribution in [2.24, 2.45) is 4.99 Å². The molecule has 1 fully saturated rings. The molecule has 6 heteroatoms. The summed E-state index contributed by atoms with van der Waals surface area (Å²) in [7, 11) is 0. The molecule has 4 rings (SSSR count). The van der Waals surface area contributed by atoms with Gasteiger partial charge < -0.3 is 9.80 Å². The van der Waals surface area contributed by atoms with Gasteiger partial charge in [-0.2, -0.15) is 4.99 Å². The summed E-state index contributed by atoms with van der Waals surface area (Å²) in [5, 5.41) is 1.50. The van der Waals surface area contributed by atoms with Gasteiger partial charge in [0.1, 0.15) is 0 Å². The highest BCUT2D eigenvalue weighted by Crippen LogP contribution is 2.31. The Balaban J connectivity index is 1.40. The Morgan fingerprint density at radius 1 is 1.04 bits per heavy atom. The summed E-state index contributed by atoms with van der Waals surface area (Å²) in [5.74, 6) is -0.161. The molecule has 0 aromatic heterocycles. The number of thioether (sulfide) groups is 1. The van der Waals surface area contributed by atoms with Crippen LogP contribution in [0.3, 0.4) is 0 Å². The second-order valence-corrected chi connectivity index (χ2v) is 8.12. The van der Waals surface area contributed by atoms with Gasteiger partial charge in [-0.15, -0.1) is 0 Å². The third kappa shape index (κ3) is 4.20. The lowest BCUT2D eigenvalue weighted by molar-refractivity contribution is -0.113. The Hall–Kier alpha value is -2.24. The Bertz CT molecular complexity index is 915. The van der Waals surface area contributed by atoms with E-state index in [-0.39, 0.29) is 5.91 Å². The largest absolute Gasteiger partial charge is 0.368 e. The van der Waals surface area contributed by atoms with Gasteiger partial charge in [-0.1, -0.05) is 35.9 Å². The highest BCUT2D eigenvalue weighted by molar-refractivity contribution is 8.18. The minimum Gasteiger partial charge on any atom is -0.368 e. The van der Waals surface area contributed by atoms with Gasteiger partial charge in [0.05, 0.1) is 4.91 Å². The van der Waals surface area contributed by atoms with Crippen molar-refractivity contribution in [3.05, 3.63) is 69.6 Å². The minimum absolute atomic E-state index is 0.161. The molecule has 1 amide bonds. The van der Waals surface area contributed by atoms with Crippen molar-refractivity contribution in [2.45, 2.75) is 6.92 Å². The number of hydrogen-bond acceptors (Lipinski definition) is 4. The number of benzene rings is 2. The van der Waals surface area contributed by atoms with Crippen molar-refractivity contribution in [3.8, 4) is 0 Å². The number of piperazine rings is 1. The average molecular weight is 398 g/mol. The third-order valence-electron chi connectivity index (χ3n) is 4.69. The standard InChI is InChI=1S/C21H20ClN3OS/c1-15-3-2-4-18(13-15)24-9-11-25(12-10-24)21-23-20(26)19(27-21)14-16-5-7-17(22)8-6-16/h2-8,13-14H,9-12H2,1H3/b19-14-. The number of amides is 1. The summed E-state index contributed by atoms with van der Waals surface area (Å²) in [6.07, 6.45) is 1.88. The summed E-state index contributed by atoms with van der Waals surface area (Å²) in [6, 6.07) is 16.0. The maximum absolute atomic E-state index is 12.3. The lowest BCUT2D eigenvalue weighted by Gasteiger charge is -2.36. The van der Waals surface area contributed by atoms with E-state index in [1.165, 1.54) is 23.0 Å². The summed E-state index contributed by atoms with van der Waals surface area (Å²) in [6.45, 7) is 5.69. The number of amidine groups is 1. The minimum atomic E-state index is -0.161. The number of aryl methyl sites for hydroxylation is 1. The quantitative estimate of drug-likeness (QED) is 0.702. The van der Waals surface area contributed by atoms with Crippen molar-refractivity contribution in [3.63, 3.8) is 0 Å². The molecule has 0 spiro atoms. The van der Waals surface area contributed by atoms with Crippen LogP contribution in [0.4, 0.5) is 5.69 Å². The van der Waals surface area contributed by atoms with Crippen LogP contribution in [0.25, 0.3) is 6.08 Å². The zero-order valence-electron chi connectivity index (χ0n) is 15.1. The molecule has 0 bridgehead atoms. The van der Waals surface area contributed by atoms with Crippen molar-refractivity contribution in [1.29, 1.82) is 0 Å². The molecule has 0 unspecified atom stereocenters. The summed E-state index contributed by atoms with van der Waals surface area (Å²) < 4.78 is 0. The fourth-order valence-corrected chi connectivity index (χ4v) is 4.32. The summed E-state index contributed by atoms with van der Waals surface area (Å²) in [5.41, 5.74) is 3.49. The maximum Gasteiger partial charge on any atom is 0.286 e. The first-order chi connectivity index (χ1) is 13.1. The van der Waals surface area contributed by atoms with Gasteiger partial charge in [-0.25, -0.2) is 0 Å². The number of carbonyl (C=O) groups excluding carboxylic acids is 1. The predicted octanol–water partition coefficient (Wildman–Crippen LogP) is 4.44. The number of rotatable bonds is 2. The molecule has 0 N–H and O–H groups in total. The molecule has 0 atom stereocenters. The zero-order valence-corrected chi connectivity index (χ0v) is 16.6. The lowest BCUT2D eigenvalue weighted by atomic mass is 10.2. The lowest BCUT2D eigenvalue weighted by Crippen LogP contribution is -2.47. The van der Waals surface area contributed by atoms with Gasteiger partial charge in [0.2, 0.25) is 0 Å². The molecular formula is C21H20ClN3OS. The van der Waals surface area contributed by atoms with Crippen molar-refractivity contribution >= 4 is 46.2 Å². The van der Waals surface area contributed by atoms with E-state index in [9.17, 15) is 4.79 Å². The van der Waals surface area contributed by atoms with Crippen molar-refractivity contribution < 1.29 is 4.79 Å². The molecule has 2 aliphatic heterocycles. The van der Waals surface area contributed by atoms with Gasteiger partial charge in [0.15, 0.2) is 5.17 Å². The van der Waals surface area contributed by atoms with Gasteiger partial charge in [0, 0.05) is 36.9 Å². The second kappa shape index (κ2) is 7.79. The van der Waals surface area contributed by atoms with Crippen LogP contribution >= 0.6 is 23.4 Å². The number of carbonyl (C=O) groups is 1. The highest BCUT2D eigenvalue weighted by atomic mass is 35.5. The van der Waals surface area contributed by atoms with Gasteiger partial charge in [-0.3, -0.25) is 4.79 Å². The third-order valence-corrected chi connectivity index (χ3v) is 5.99. The smallest absolute Gasteiger partial charge is 0.286 e. The molecule has 0 radical (unpaired) electrons. The van der Waals surface area contributed by atoms with E-state index >= 15 is 0 Å². The molecule has 4 nitrogen and oxygen atoms in total. The molecule has 2 heterocycles. The van der Waals surface area contributed by atoms with Crippen LogP contribution < -0.4 is 4.90 Å². The Kier molecular flexibility index (Phi) is 5.23. The second-order valence-electron chi connectivity index (χ2n) is 6.67. The van der Waals surface area contributed by atoms with Gasteiger partial charge in [0.25, 0.3) is 5.91 Å². The van der Waals surface area contributed by atoms with Crippen LogP contribution in [-0.4, -0.2) is 42.2 Å². The van der Waals surface area contributed by atoms with Crippen molar-refractivity contribution in [1.82, 2.24) is 4.90 Å². The van der Waals surface area contributed by atoms with E-state index in [1.807, 2.05) is 30.3 Å². The van der Waals surface area contributed by atoms with Crippen LogP contribution in [0.5, 0.6) is 0 Å². The fourth-order valence-electron chi connectivity index (χ4n) is 3.22. The van der Waals surface area contributed by atoms with E-state index < -0.39 is 0 Å². The molecule has 2 aromatic carbocycles. The summed E-state index contributed by atoms with van der Waals surface area (Å²) in [4.78, 5) is 21.8. The Morgan fingerprint density at radius 3 is 2.44 bits per heavy atom. The summed E-state index contributed by atoms with van der Waals surface area (Å²) >= 11 is 7.38. The number of nitrogens with zero attached hydrogens (tertiary/aromatic N) is 3. The average Bonchev–Trinajstić information content (AvgIpc) is 3.04. The van der Waals surface area contributed by atoms with E-state index in [4.69, 9.17) is 11.6 Å². The first kappa shape index (κ1) is 18.1. The molecule has 1 saturated heterocycles. The van der Waals surface area contributed by atoms with E-state index in [1.54, 1.807) is 0 Å². The fraction of sp³-hybridized carbons (Fsp3) is 0.238. The Morgan fingerprint density at radius 2 is 1.74 bits per heavy atom. The van der Waals surface area contributed by atoms with E-state index in [0.29, 0.717) is 9.93 Å². The number of aliphatic imine (C=N–C) groups is 1. The maximum atomic E-state index is 12.3. The zero-order chi connectivity index (χ0) is 18.8. The molecule has 138 valence electrons. The van der Waals surface area contributed by atoms with Crippen LogP contribution in [0.15, 0.2) is 58.4 Å². The van der Waals surface area contributed by atoms with Gasteiger partial charge >= 0.3 is 0 Å². The number of hydrogen-bond donors (Lipinski definition) is 0. The molecule has 0 saturated carbocycles. The van der Waals surface area contributed by atoms with Crippen molar-refractivity contribution in [2.75, 3.05) is 31.1 Å². The normalized spacial score (nSPS) is 19.0. The molecule has 27 heavy (non-hydrogen) atoms. The van der Waals surface area contributed by atoms with Crippen LogP contribution in [0, 0.1) is 6.92 Å². The Labute approximate surface area is 168 Å². The first-order valence-electron chi connectivity index (χ1n) is 8.93. The number of anilines is 1. The monoisotopic (exact) mass is 397 g/mol. The van der Waals surface area contributed by atoms with Crippen LogP contribution in [0.1, 0.15) is 11.1 Å². The SMILES string of the molecule is Cc1cccc(N2CCN(C3=NC(=O)/C(=C/c4ccc(Cl)cc4)S3)CC2)c1. The molecule has 2 aliphatic rings. The molecular weight excluding hydrogens is 378 g/mol. The first-order valence-corrected chi connectivity index (χ1v) is 10.1. The highest BCUT2D eigenvalue weighted by Gasteiger charge is 2.28.